The lowest BCUT2D eigenvalue weighted by molar-refractivity contribution is -0.173. The van der Waals surface area contributed by atoms with Gasteiger partial charge in [0.25, 0.3) is 0 Å². The Morgan fingerprint density at radius 1 is 1.31 bits per heavy atom. The Kier molecular flexibility index (Phi) is 5.23. The molecule has 1 aromatic heterocycles. The van der Waals surface area contributed by atoms with Crippen LogP contribution in [-0.4, -0.2) is 30.1 Å². The SMILES string of the molecule is C=CC1CC(C(=O)OCC)(C(=O)OCC)Cc2c1[nH]c1ccc(Br)cc21. The molecule has 138 valence electrons. The van der Waals surface area contributed by atoms with Crippen molar-refractivity contribution in [3.8, 4) is 0 Å². The van der Waals surface area contributed by atoms with Crippen LogP contribution in [-0.2, 0) is 25.5 Å². The first-order valence-corrected chi connectivity index (χ1v) is 9.53. The number of hydrogen-bond donors (Lipinski definition) is 1. The molecule has 0 saturated carbocycles. The zero-order valence-corrected chi connectivity index (χ0v) is 16.5. The van der Waals surface area contributed by atoms with E-state index in [9.17, 15) is 9.59 Å². The van der Waals surface area contributed by atoms with Gasteiger partial charge in [-0.15, -0.1) is 6.58 Å². The van der Waals surface area contributed by atoms with Crippen molar-refractivity contribution in [2.75, 3.05) is 13.2 Å². The molecular formula is C20H22BrNO4. The van der Waals surface area contributed by atoms with Crippen molar-refractivity contribution in [3.63, 3.8) is 0 Å². The molecule has 0 amide bonds. The molecule has 0 radical (unpaired) electrons. The highest BCUT2D eigenvalue weighted by Gasteiger charge is 2.53. The van der Waals surface area contributed by atoms with Gasteiger partial charge in [0.05, 0.1) is 13.2 Å². The molecule has 1 N–H and O–H groups in total. The Morgan fingerprint density at radius 3 is 2.54 bits per heavy atom. The third-order valence-electron chi connectivity index (χ3n) is 4.94. The third-order valence-corrected chi connectivity index (χ3v) is 5.43. The monoisotopic (exact) mass is 419 g/mol. The Hall–Kier alpha value is -2.08. The molecular weight excluding hydrogens is 398 g/mol. The van der Waals surface area contributed by atoms with Gasteiger partial charge in [0, 0.05) is 33.4 Å². The van der Waals surface area contributed by atoms with Crippen LogP contribution in [0.4, 0.5) is 0 Å². The van der Waals surface area contributed by atoms with E-state index in [1.54, 1.807) is 19.9 Å². The molecule has 1 atom stereocenters. The van der Waals surface area contributed by atoms with Crippen molar-refractivity contribution in [2.45, 2.75) is 32.6 Å². The predicted octanol–water partition coefficient (Wildman–Crippen LogP) is 4.26. The normalized spacial score (nSPS) is 18.2. The number of H-pyrrole nitrogens is 1. The van der Waals surface area contributed by atoms with Gasteiger partial charge in [-0.1, -0.05) is 22.0 Å². The Morgan fingerprint density at radius 2 is 1.96 bits per heavy atom. The number of allylic oxidation sites excluding steroid dienone is 1. The van der Waals surface area contributed by atoms with Gasteiger partial charge in [0.2, 0.25) is 0 Å². The van der Waals surface area contributed by atoms with E-state index in [1.807, 2.05) is 18.2 Å². The lowest BCUT2D eigenvalue weighted by Gasteiger charge is -2.35. The van der Waals surface area contributed by atoms with E-state index in [1.165, 1.54) is 0 Å². The van der Waals surface area contributed by atoms with Gasteiger partial charge in [-0.05, 0) is 44.0 Å². The molecule has 3 rings (SSSR count). The van der Waals surface area contributed by atoms with E-state index in [0.29, 0.717) is 0 Å². The van der Waals surface area contributed by atoms with Crippen molar-refractivity contribution >= 4 is 38.8 Å². The number of esters is 2. The van der Waals surface area contributed by atoms with E-state index in [4.69, 9.17) is 9.47 Å². The fourth-order valence-corrected chi connectivity index (χ4v) is 4.09. The number of carbonyl (C=O) groups is 2. The second-order valence-electron chi connectivity index (χ2n) is 6.45. The van der Waals surface area contributed by atoms with Crippen LogP contribution in [0.25, 0.3) is 10.9 Å². The average Bonchev–Trinajstić information content (AvgIpc) is 2.98. The van der Waals surface area contributed by atoms with Crippen molar-refractivity contribution in [3.05, 3.63) is 46.6 Å². The number of aromatic nitrogens is 1. The number of aromatic amines is 1. The van der Waals surface area contributed by atoms with E-state index in [-0.39, 0.29) is 32.0 Å². The number of ether oxygens (including phenoxy) is 2. The molecule has 1 aliphatic carbocycles. The first-order chi connectivity index (χ1) is 12.5. The molecule has 0 spiro atoms. The summed E-state index contributed by atoms with van der Waals surface area (Å²) < 4.78 is 11.5. The Bertz CT molecular complexity index is 852. The van der Waals surface area contributed by atoms with E-state index in [2.05, 4.69) is 27.5 Å². The fourth-order valence-electron chi connectivity index (χ4n) is 3.73. The minimum Gasteiger partial charge on any atom is -0.465 e. The zero-order valence-electron chi connectivity index (χ0n) is 14.9. The summed E-state index contributed by atoms with van der Waals surface area (Å²) in [6.07, 6.45) is 2.31. The van der Waals surface area contributed by atoms with Crippen LogP contribution in [0.1, 0.15) is 37.4 Å². The molecule has 6 heteroatoms. The van der Waals surface area contributed by atoms with Crippen LogP contribution in [0.5, 0.6) is 0 Å². The molecule has 1 aromatic carbocycles. The number of hydrogen-bond acceptors (Lipinski definition) is 4. The highest BCUT2D eigenvalue weighted by molar-refractivity contribution is 9.10. The smallest absolute Gasteiger partial charge is 0.323 e. The zero-order chi connectivity index (χ0) is 18.9. The maximum atomic E-state index is 12.9. The summed E-state index contributed by atoms with van der Waals surface area (Å²) in [6.45, 7) is 7.81. The first kappa shape index (κ1) is 18.7. The lowest BCUT2D eigenvalue weighted by atomic mass is 9.68. The van der Waals surface area contributed by atoms with Crippen molar-refractivity contribution in [1.82, 2.24) is 4.98 Å². The second kappa shape index (κ2) is 7.27. The molecule has 5 nitrogen and oxygen atoms in total. The van der Waals surface area contributed by atoms with Crippen LogP contribution < -0.4 is 0 Å². The standard InChI is InChI=1S/C20H22BrNO4/c1-4-12-10-20(18(23)25-5-2,19(24)26-6-3)11-15-14-9-13(21)7-8-16(14)22-17(12)15/h4,7-9,12,22H,1,5-6,10-11H2,2-3H3. The van der Waals surface area contributed by atoms with Crippen LogP contribution >= 0.6 is 15.9 Å². The largest absolute Gasteiger partial charge is 0.465 e. The number of halogens is 1. The van der Waals surface area contributed by atoms with Crippen LogP contribution in [0.15, 0.2) is 35.3 Å². The Balaban J connectivity index is 2.19. The molecule has 1 aliphatic rings. The summed E-state index contributed by atoms with van der Waals surface area (Å²) in [5, 5.41) is 0.985. The van der Waals surface area contributed by atoms with Gasteiger partial charge in [0.15, 0.2) is 5.41 Å². The summed E-state index contributed by atoms with van der Waals surface area (Å²) in [6, 6.07) is 5.93. The second-order valence-corrected chi connectivity index (χ2v) is 7.37. The molecule has 1 heterocycles. The van der Waals surface area contributed by atoms with E-state index in [0.717, 1.165) is 26.6 Å². The summed E-state index contributed by atoms with van der Waals surface area (Å²) >= 11 is 3.50. The van der Waals surface area contributed by atoms with Gasteiger partial charge < -0.3 is 14.5 Å². The Labute approximate surface area is 160 Å². The van der Waals surface area contributed by atoms with Crippen molar-refractivity contribution < 1.29 is 19.1 Å². The summed E-state index contributed by atoms with van der Waals surface area (Å²) in [4.78, 5) is 29.1. The van der Waals surface area contributed by atoms with Crippen LogP contribution in [0.2, 0.25) is 0 Å². The third kappa shape index (κ3) is 2.96. The van der Waals surface area contributed by atoms with E-state index >= 15 is 0 Å². The number of benzene rings is 1. The molecule has 0 saturated heterocycles. The van der Waals surface area contributed by atoms with Crippen LogP contribution in [0.3, 0.4) is 0 Å². The topological polar surface area (TPSA) is 68.4 Å². The highest BCUT2D eigenvalue weighted by Crippen LogP contribution is 2.47. The lowest BCUT2D eigenvalue weighted by Crippen LogP contribution is -2.47. The first-order valence-electron chi connectivity index (χ1n) is 8.73. The highest BCUT2D eigenvalue weighted by atomic mass is 79.9. The number of fused-ring (bicyclic) bond motifs is 3. The van der Waals surface area contributed by atoms with Gasteiger partial charge in [-0.3, -0.25) is 9.59 Å². The molecule has 0 bridgehead atoms. The van der Waals surface area contributed by atoms with Gasteiger partial charge >= 0.3 is 11.9 Å². The molecule has 2 aromatic rings. The molecule has 26 heavy (non-hydrogen) atoms. The predicted molar refractivity (Wildman–Crippen MR) is 103 cm³/mol. The van der Waals surface area contributed by atoms with Crippen LogP contribution in [0, 0.1) is 5.41 Å². The molecule has 1 unspecified atom stereocenters. The fraction of sp³-hybridized carbons (Fsp3) is 0.400. The molecule has 0 fully saturated rings. The van der Waals surface area contributed by atoms with Gasteiger partial charge in [0.1, 0.15) is 0 Å². The maximum Gasteiger partial charge on any atom is 0.323 e. The quantitative estimate of drug-likeness (QED) is 0.446. The van der Waals surface area contributed by atoms with Crippen molar-refractivity contribution in [1.29, 1.82) is 0 Å². The number of nitrogens with one attached hydrogen (secondary N) is 1. The van der Waals surface area contributed by atoms with Crippen molar-refractivity contribution in [2.24, 2.45) is 5.41 Å². The van der Waals surface area contributed by atoms with Gasteiger partial charge in [-0.25, -0.2) is 0 Å². The number of carbonyl (C=O) groups excluding carboxylic acids is 2. The van der Waals surface area contributed by atoms with Gasteiger partial charge in [-0.2, -0.15) is 0 Å². The summed E-state index contributed by atoms with van der Waals surface area (Å²) in [5.74, 6) is -1.22. The maximum absolute atomic E-state index is 12.9. The summed E-state index contributed by atoms with van der Waals surface area (Å²) in [7, 11) is 0. The molecule has 0 aliphatic heterocycles. The number of rotatable bonds is 5. The summed E-state index contributed by atoms with van der Waals surface area (Å²) in [5.41, 5.74) is 1.56. The minimum absolute atomic E-state index is 0.168. The van der Waals surface area contributed by atoms with E-state index < -0.39 is 17.4 Å². The minimum atomic E-state index is -1.35. The average molecular weight is 420 g/mol.